The van der Waals surface area contributed by atoms with Gasteiger partial charge in [-0.05, 0) is 43.9 Å². The van der Waals surface area contributed by atoms with E-state index in [9.17, 15) is 5.11 Å². The lowest BCUT2D eigenvalue weighted by Gasteiger charge is -2.26. The summed E-state index contributed by atoms with van der Waals surface area (Å²) in [6, 6.07) is 0. The molecule has 3 aliphatic rings. The zero-order chi connectivity index (χ0) is 18.2. The van der Waals surface area contributed by atoms with Crippen LogP contribution in [0.1, 0.15) is 89.9 Å². The molecule has 2 aliphatic heterocycles. The molecule has 0 aromatic rings. The van der Waals surface area contributed by atoms with Crippen molar-refractivity contribution in [1.29, 1.82) is 0 Å². The summed E-state index contributed by atoms with van der Waals surface area (Å²) >= 11 is 0. The van der Waals surface area contributed by atoms with E-state index in [1.54, 1.807) is 0 Å². The highest BCUT2D eigenvalue weighted by Gasteiger charge is 2.47. The van der Waals surface area contributed by atoms with Crippen LogP contribution in [0.25, 0.3) is 0 Å². The first-order chi connectivity index (χ1) is 12.8. The third-order valence-electron chi connectivity index (χ3n) is 7.04. The molecule has 2 heterocycles. The maximum absolute atomic E-state index is 10.5. The molecule has 1 unspecified atom stereocenters. The van der Waals surface area contributed by atoms with Crippen molar-refractivity contribution in [3.8, 4) is 0 Å². The Morgan fingerprint density at radius 2 is 1.62 bits per heavy atom. The predicted molar refractivity (Wildman–Crippen MR) is 106 cm³/mol. The number of ether oxygens (including phenoxy) is 1. The Balaban J connectivity index is 1.42. The first-order valence-corrected chi connectivity index (χ1v) is 11.4. The maximum Gasteiger partial charge on any atom is 0.0723 e. The van der Waals surface area contributed by atoms with Gasteiger partial charge in [-0.25, -0.2) is 0 Å². The maximum atomic E-state index is 10.5. The van der Waals surface area contributed by atoms with Gasteiger partial charge in [-0.1, -0.05) is 69.9 Å². The molecule has 3 fully saturated rings. The van der Waals surface area contributed by atoms with E-state index >= 15 is 0 Å². The van der Waals surface area contributed by atoms with E-state index in [1.165, 1.54) is 70.6 Å². The summed E-state index contributed by atoms with van der Waals surface area (Å²) in [5.41, 5.74) is 0. The zero-order valence-corrected chi connectivity index (χ0v) is 16.5. The van der Waals surface area contributed by atoms with Crippen LogP contribution in [0.4, 0.5) is 0 Å². The quantitative estimate of drug-likeness (QED) is 0.401. The van der Waals surface area contributed by atoms with E-state index in [0.29, 0.717) is 30.7 Å². The summed E-state index contributed by atoms with van der Waals surface area (Å²) in [6.45, 7) is 0.330. The fraction of sp³-hybridized carbons (Fsp3) is 0.913. The van der Waals surface area contributed by atoms with Crippen molar-refractivity contribution in [3.63, 3.8) is 0 Å². The molecule has 2 N–H and O–H groups in total. The van der Waals surface area contributed by atoms with Crippen LogP contribution in [0, 0.1) is 17.8 Å². The minimum absolute atomic E-state index is 0.267. The number of fused-ring (bicyclic) bond motifs is 2. The van der Waals surface area contributed by atoms with Gasteiger partial charge in [-0.2, -0.15) is 0 Å². The van der Waals surface area contributed by atoms with E-state index < -0.39 is 0 Å². The molecule has 1 saturated carbocycles. The van der Waals surface area contributed by atoms with Gasteiger partial charge in [0, 0.05) is 12.5 Å². The van der Waals surface area contributed by atoms with Gasteiger partial charge >= 0.3 is 0 Å². The second-order valence-electron chi connectivity index (χ2n) is 9.00. The number of hydrogen-bond acceptors (Lipinski definition) is 3. The van der Waals surface area contributed by atoms with Gasteiger partial charge < -0.3 is 14.9 Å². The zero-order valence-electron chi connectivity index (χ0n) is 16.5. The molecule has 150 valence electrons. The van der Waals surface area contributed by atoms with Crippen molar-refractivity contribution in [2.45, 2.75) is 108 Å². The van der Waals surface area contributed by atoms with Crippen molar-refractivity contribution >= 4 is 0 Å². The molecule has 1 aliphatic carbocycles. The van der Waals surface area contributed by atoms with Crippen LogP contribution in [0.15, 0.2) is 12.2 Å². The SMILES string of the molecule is OCCCCCCC[C@@H]1[C@H](C=CC(O)CC2CCCCC2)[C@@H]2CC[C@H]1O2. The summed E-state index contributed by atoms with van der Waals surface area (Å²) in [5.74, 6) is 1.91. The number of unbranched alkanes of at least 4 members (excludes halogenated alkanes) is 4. The van der Waals surface area contributed by atoms with Gasteiger partial charge in [0.15, 0.2) is 0 Å². The van der Waals surface area contributed by atoms with E-state index in [1.807, 2.05) is 0 Å². The number of hydrogen-bond donors (Lipinski definition) is 2. The lowest BCUT2D eigenvalue weighted by Crippen LogP contribution is -2.26. The van der Waals surface area contributed by atoms with Crippen LogP contribution in [0.5, 0.6) is 0 Å². The minimum atomic E-state index is -0.267. The fourth-order valence-electron chi connectivity index (χ4n) is 5.58. The predicted octanol–water partition coefficient (Wildman–Crippen LogP) is 5.00. The Morgan fingerprint density at radius 1 is 0.885 bits per heavy atom. The Hall–Kier alpha value is -0.380. The molecule has 26 heavy (non-hydrogen) atoms. The topological polar surface area (TPSA) is 49.7 Å². The van der Waals surface area contributed by atoms with E-state index in [0.717, 1.165) is 25.2 Å². The van der Waals surface area contributed by atoms with Crippen molar-refractivity contribution in [2.24, 2.45) is 17.8 Å². The lowest BCUT2D eigenvalue weighted by atomic mass is 9.76. The Kier molecular flexibility index (Phi) is 8.48. The summed E-state index contributed by atoms with van der Waals surface area (Å²) in [6.07, 6.45) is 22.2. The monoisotopic (exact) mass is 364 g/mol. The summed E-state index contributed by atoms with van der Waals surface area (Å²) < 4.78 is 6.21. The van der Waals surface area contributed by atoms with Gasteiger partial charge in [-0.15, -0.1) is 0 Å². The second-order valence-corrected chi connectivity index (χ2v) is 9.00. The highest BCUT2D eigenvalue weighted by Crippen LogP contribution is 2.46. The molecule has 5 atom stereocenters. The average molecular weight is 365 g/mol. The molecular weight excluding hydrogens is 324 g/mol. The first-order valence-electron chi connectivity index (χ1n) is 11.4. The van der Waals surface area contributed by atoms with Crippen molar-refractivity contribution in [2.75, 3.05) is 6.61 Å². The largest absolute Gasteiger partial charge is 0.396 e. The van der Waals surface area contributed by atoms with Crippen LogP contribution in [0.3, 0.4) is 0 Å². The van der Waals surface area contributed by atoms with Gasteiger partial charge in [-0.3, -0.25) is 0 Å². The Morgan fingerprint density at radius 3 is 2.42 bits per heavy atom. The Bertz CT molecular complexity index is 416. The summed E-state index contributed by atoms with van der Waals surface area (Å²) in [4.78, 5) is 0. The lowest BCUT2D eigenvalue weighted by molar-refractivity contribution is 0.0883. The van der Waals surface area contributed by atoms with Gasteiger partial charge in [0.05, 0.1) is 18.3 Å². The van der Waals surface area contributed by atoms with Crippen molar-refractivity contribution in [3.05, 3.63) is 12.2 Å². The van der Waals surface area contributed by atoms with Crippen LogP contribution in [-0.4, -0.2) is 35.1 Å². The van der Waals surface area contributed by atoms with Gasteiger partial charge in [0.2, 0.25) is 0 Å². The minimum Gasteiger partial charge on any atom is -0.396 e. The van der Waals surface area contributed by atoms with E-state index in [4.69, 9.17) is 9.84 Å². The third-order valence-corrected chi connectivity index (χ3v) is 7.04. The molecule has 0 amide bonds. The molecule has 2 bridgehead atoms. The van der Waals surface area contributed by atoms with Gasteiger partial charge in [0.25, 0.3) is 0 Å². The molecule has 0 radical (unpaired) electrons. The van der Waals surface area contributed by atoms with E-state index in [-0.39, 0.29) is 6.10 Å². The smallest absolute Gasteiger partial charge is 0.0723 e. The Labute approximate surface area is 160 Å². The van der Waals surface area contributed by atoms with Crippen LogP contribution < -0.4 is 0 Å². The molecular formula is C23H40O3. The summed E-state index contributed by atoms with van der Waals surface area (Å²) in [5, 5.41) is 19.3. The van der Waals surface area contributed by atoms with Crippen LogP contribution in [0.2, 0.25) is 0 Å². The number of rotatable bonds is 11. The highest BCUT2D eigenvalue weighted by molar-refractivity contribution is 5.07. The first kappa shape index (κ1) is 20.4. The van der Waals surface area contributed by atoms with Crippen molar-refractivity contribution in [1.82, 2.24) is 0 Å². The molecule has 3 heteroatoms. The van der Waals surface area contributed by atoms with E-state index in [2.05, 4.69) is 12.2 Å². The van der Waals surface area contributed by atoms with Crippen LogP contribution in [-0.2, 0) is 4.74 Å². The standard InChI is InChI=1S/C23H40O3/c24-16-8-3-1-2-7-11-20-21(23-15-14-22(20)26-23)13-12-19(25)17-18-9-5-4-6-10-18/h12-13,18-25H,1-11,14-17H2/t19?,20-,21+,22-,23+/m1/s1. The van der Waals surface area contributed by atoms with Gasteiger partial charge in [0.1, 0.15) is 0 Å². The fourth-order valence-corrected chi connectivity index (χ4v) is 5.58. The number of aliphatic hydroxyl groups is 2. The van der Waals surface area contributed by atoms with Crippen molar-refractivity contribution < 1.29 is 14.9 Å². The van der Waals surface area contributed by atoms with Crippen LogP contribution >= 0.6 is 0 Å². The second kappa shape index (κ2) is 10.8. The highest BCUT2D eigenvalue weighted by atomic mass is 16.5. The summed E-state index contributed by atoms with van der Waals surface area (Å²) in [7, 11) is 0. The normalized spacial score (nSPS) is 33.3. The third kappa shape index (κ3) is 5.81. The molecule has 0 spiro atoms. The molecule has 3 rings (SSSR count). The average Bonchev–Trinajstić information content (AvgIpc) is 3.25. The number of aliphatic hydroxyl groups excluding tert-OH is 2. The molecule has 0 aromatic heterocycles. The molecule has 2 saturated heterocycles. The molecule has 3 nitrogen and oxygen atoms in total. The molecule has 0 aromatic carbocycles.